The number of rotatable bonds is 7. The quantitative estimate of drug-likeness (QED) is 0.796. The number of nitriles is 1. The second kappa shape index (κ2) is 8.80. The summed E-state index contributed by atoms with van der Waals surface area (Å²) in [4.78, 5) is 25.5. The van der Waals surface area contributed by atoms with Gasteiger partial charge in [0.1, 0.15) is 6.07 Å². The Morgan fingerprint density at radius 1 is 1.23 bits per heavy atom. The van der Waals surface area contributed by atoms with Crippen LogP contribution in [0.5, 0.6) is 0 Å². The highest BCUT2D eigenvalue weighted by molar-refractivity contribution is 5.93. The van der Waals surface area contributed by atoms with E-state index in [0.29, 0.717) is 17.8 Å². The lowest BCUT2D eigenvalue weighted by Crippen LogP contribution is -2.42. The minimum atomic E-state index is -0.248. The van der Waals surface area contributed by atoms with Crippen molar-refractivity contribution in [3.05, 3.63) is 29.8 Å². The van der Waals surface area contributed by atoms with Gasteiger partial charge in [0.25, 0.3) is 0 Å². The Labute approximate surface area is 131 Å². The molecule has 1 aromatic carbocycles. The number of nitrogens with zero attached hydrogens (tertiary/aromatic N) is 2. The van der Waals surface area contributed by atoms with Crippen LogP contribution in [-0.2, 0) is 9.59 Å². The summed E-state index contributed by atoms with van der Waals surface area (Å²) in [5.74, 6) is -0.357. The number of anilines is 1. The molecule has 6 heteroatoms. The first-order valence-electron chi connectivity index (χ1n) is 7.27. The number of likely N-dealkylation sites (N-methyl/N-ethyl adjacent to an activating group) is 1. The minimum absolute atomic E-state index is 0.0718. The summed E-state index contributed by atoms with van der Waals surface area (Å²) in [6.45, 7) is 6.52. The van der Waals surface area contributed by atoms with E-state index in [1.54, 1.807) is 29.2 Å². The molecule has 0 aliphatic heterocycles. The van der Waals surface area contributed by atoms with Gasteiger partial charge in [-0.05, 0) is 32.5 Å². The summed E-state index contributed by atoms with van der Waals surface area (Å²) in [5.41, 5.74) is 0.897. The van der Waals surface area contributed by atoms with Crippen molar-refractivity contribution in [2.75, 3.05) is 25.0 Å². The molecule has 1 aromatic rings. The van der Waals surface area contributed by atoms with E-state index in [0.717, 1.165) is 0 Å². The summed E-state index contributed by atoms with van der Waals surface area (Å²) in [6, 6.07) is 8.92. The van der Waals surface area contributed by atoms with Gasteiger partial charge in [-0.15, -0.1) is 0 Å². The van der Waals surface area contributed by atoms with Crippen molar-refractivity contribution in [2.24, 2.45) is 0 Å². The van der Waals surface area contributed by atoms with Gasteiger partial charge in [0.05, 0.1) is 24.3 Å². The van der Waals surface area contributed by atoms with Gasteiger partial charge in [-0.1, -0.05) is 19.1 Å². The average Bonchev–Trinajstić information content (AvgIpc) is 2.46. The molecule has 0 radical (unpaired) electrons. The Morgan fingerprint density at radius 3 is 2.45 bits per heavy atom. The number of benzene rings is 1. The molecule has 0 saturated heterocycles. The van der Waals surface area contributed by atoms with Crippen LogP contribution in [0.1, 0.15) is 26.3 Å². The van der Waals surface area contributed by atoms with Crippen LogP contribution in [0.25, 0.3) is 0 Å². The molecule has 1 rings (SSSR count). The fourth-order valence-corrected chi connectivity index (χ4v) is 1.93. The summed E-state index contributed by atoms with van der Waals surface area (Å²) in [5, 5.41) is 14.5. The topological polar surface area (TPSA) is 85.2 Å². The largest absolute Gasteiger partial charge is 0.353 e. The van der Waals surface area contributed by atoms with Crippen LogP contribution in [0.2, 0.25) is 0 Å². The molecule has 0 aliphatic carbocycles. The van der Waals surface area contributed by atoms with Gasteiger partial charge in [-0.2, -0.15) is 5.26 Å². The Hall–Kier alpha value is -2.39. The molecule has 6 nitrogen and oxygen atoms in total. The van der Waals surface area contributed by atoms with Gasteiger partial charge >= 0.3 is 0 Å². The first-order valence-corrected chi connectivity index (χ1v) is 7.27. The highest BCUT2D eigenvalue weighted by atomic mass is 16.2. The highest BCUT2D eigenvalue weighted by Crippen LogP contribution is 2.13. The lowest BCUT2D eigenvalue weighted by molar-refractivity contribution is -0.123. The monoisotopic (exact) mass is 302 g/mol. The molecule has 0 spiro atoms. The molecule has 2 amide bonds. The highest BCUT2D eigenvalue weighted by Gasteiger charge is 2.14. The predicted octanol–water partition coefficient (Wildman–Crippen LogP) is 1.34. The third kappa shape index (κ3) is 5.94. The first kappa shape index (κ1) is 17.7. The number of amides is 2. The van der Waals surface area contributed by atoms with E-state index in [9.17, 15) is 9.59 Å². The summed E-state index contributed by atoms with van der Waals surface area (Å²) < 4.78 is 0. The normalized spacial score (nSPS) is 10.4. The molecular weight excluding hydrogens is 280 g/mol. The molecule has 0 atom stereocenters. The molecule has 0 aromatic heterocycles. The van der Waals surface area contributed by atoms with E-state index in [1.165, 1.54) is 0 Å². The predicted molar refractivity (Wildman–Crippen MR) is 85.2 cm³/mol. The number of hydrogen-bond donors (Lipinski definition) is 2. The molecule has 22 heavy (non-hydrogen) atoms. The molecule has 0 aliphatic rings. The van der Waals surface area contributed by atoms with Crippen LogP contribution in [0.3, 0.4) is 0 Å². The van der Waals surface area contributed by atoms with Gasteiger partial charge in [0.2, 0.25) is 11.8 Å². The van der Waals surface area contributed by atoms with Crippen molar-refractivity contribution in [3.63, 3.8) is 0 Å². The second-order valence-corrected chi connectivity index (χ2v) is 5.23. The maximum Gasteiger partial charge on any atom is 0.238 e. The van der Waals surface area contributed by atoms with E-state index in [-0.39, 0.29) is 30.9 Å². The molecule has 2 N–H and O–H groups in total. The zero-order valence-corrected chi connectivity index (χ0v) is 13.2. The molecule has 0 bridgehead atoms. The zero-order chi connectivity index (χ0) is 16.5. The molecular formula is C16H22N4O2. The van der Waals surface area contributed by atoms with E-state index < -0.39 is 0 Å². The van der Waals surface area contributed by atoms with Gasteiger partial charge < -0.3 is 10.6 Å². The van der Waals surface area contributed by atoms with Crippen molar-refractivity contribution in [3.8, 4) is 6.07 Å². The van der Waals surface area contributed by atoms with E-state index >= 15 is 0 Å². The van der Waals surface area contributed by atoms with Crippen molar-refractivity contribution < 1.29 is 9.59 Å². The smallest absolute Gasteiger partial charge is 0.238 e. The van der Waals surface area contributed by atoms with Crippen LogP contribution < -0.4 is 10.6 Å². The molecule has 0 heterocycles. The Kier molecular flexibility index (Phi) is 7.06. The van der Waals surface area contributed by atoms with Crippen molar-refractivity contribution >= 4 is 17.5 Å². The van der Waals surface area contributed by atoms with Crippen LogP contribution in [0.4, 0.5) is 5.69 Å². The first-order chi connectivity index (χ1) is 10.5. The number of carbonyl (C=O) groups is 2. The second-order valence-electron chi connectivity index (χ2n) is 5.23. The number of para-hydroxylation sites is 1. The van der Waals surface area contributed by atoms with E-state index in [4.69, 9.17) is 5.26 Å². The molecule has 118 valence electrons. The number of carbonyl (C=O) groups excluding carboxylic acids is 2. The Morgan fingerprint density at radius 2 is 1.86 bits per heavy atom. The van der Waals surface area contributed by atoms with Crippen molar-refractivity contribution in [1.82, 2.24) is 10.2 Å². The maximum atomic E-state index is 12.1. The maximum absolute atomic E-state index is 12.1. The van der Waals surface area contributed by atoms with Crippen LogP contribution in [0, 0.1) is 11.3 Å². The van der Waals surface area contributed by atoms with Gasteiger partial charge in [-0.3, -0.25) is 14.5 Å². The van der Waals surface area contributed by atoms with Crippen LogP contribution >= 0.6 is 0 Å². The minimum Gasteiger partial charge on any atom is -0.353 e. The lowest BCUT2D eigenvalue weighted by Gasteiger charge is -2.20. The van der Waals surface area contributed by atoms with Gasteiger partial charge in [0.15, 0.2) is 0 Å². The fraction of sp³-hybridized carbons (Fsp3) is 0.438. The summed E-state index contributed by atoms with van der Waals surface area (Å²) >= 11 is 0. The Bertz CT molecular complexity index is 564. The average molecular weight is 302 g/mol. The Balaban J connectivity index is 2.58. The van der Waals surface area contributed by atoms with Crippen molar-refractivity contribution in [2.45, 2.75) is 26.8 Å². The van der Waals surface area contributed by atoms with Gasteiger partial charge in [0, 0.05) is 6.04 Å². The van der Waals surface area contributed by atoms with Gasteiger partial charge in [-0.25, -0.2) is 0 Å². The van der Waals surface area contributed by atoms with Crippen LogP contribution in [-0.4, -0.2) is 42.4 Å². The van der Waals surface area contributed by atoms with E-state index in [2.05, 4.69) is 10.6 Å². The standard InChI is InChI=1S/C16H22N4O2/c1-4-20(10-15(21)18-12(2)3)11-16(22)19-14-8-6-5-7-13(14)9-17/h5-8,12H,4,10-11H2,1-3H3,(H,18,21)(H,19,22). The summed E-state index contributed by atoms with van der Waals surface area (Å²) in [7, 11) is 0. The number of nitrogens with one attached hydrogen (secondary N) is 2. The lowest BCUT2D eigenvalue weighted by atomic mass is 10.2. The van der Waals surface area contributed by atoms with Crippen molar-refractivity contribution in [1.29, 1.82) is 5.26 Å². The third-order valence-corrected chi connectivity index (χ3v) is 2.95. The zero-order valence-electron chi connectivity index (χ0n) is 13.2. The fourth-order valence-electron chi connectivity index (χ4n) is 1.93. The SMILES string of the molecule is CCN(CC(=O)Nc1ccccc1C#N)CC(=O)NC(C)C. The number of hydrogen-bond acceptors (Lipinski definition) is 4. The molecule has 0 fully saturated rings. The summed E-state index contributed by atoms with van der Waals surface area (Å²) in [6.07, 6.45) is 0. The third-order valence-electron chi connectivity index (χ3n) is 2.95. The van der Waals surface area contributed by atoms with E-state index in [1.807, 2.05) is 26.8 Å². The molecule has 0 saturated carbocycles. The molecule has 0 unspecified atom stereocenters. The van der Waals surface area contributed by atoms with Crippen LogP contribution in [0.15, 0.2) is 24.3 Å².